The van der Waals surface area contributed by atoms with Gasteiger partial charge in [-0.1, -0.05) is 28.6 Å². The fourth-order valence-electron chi connectivity index (χ4n) is 3.36. The van der Waals surface area contributed by atoms with Crippen molar-refractivity contribution in [1.29, 1.82) is 0 Å². The minimum Gasteiger partial charge on any atom is -0.364 e. The van der Waals surface area contributed by atoms with Crippen LogP contribution < -0.4 is 10.6 Å². The predicted molar refractivity (Wildman–Crippen MR) is 133 cm³/mol. The molecule has 0 aliphatic carbocycles. The number of para-hydroxylation sites is 1. The van der Waals surface area contributed by atoms with Gasteiger partial charge in [0.2, 0.25) is 0 Å². The van der Waals surface area contributed by atoms with Crippen molar-refractivity contribution < 1.29 is 4.52 Å². The van der Waals surface area contributed by atoms with Crippen LogP contribution in [0.3, 0.4) is 0 Å². The molecule has 162 valence electrons. The largest absolute Gasteiger partial charge is 0.364 e. The summed E-state index contributed by atoms with van der Waals surface area (Å²) in [5.74, 6) is 0.986. The Kier molecular flexibility index (Phi) is 8.70. The highest BCUT2D eigenvalue weighted by molar-refractivity contribution is 14.0. The summed E-state index contributed by atoms with van der Waals surface area (Å²) < 4.78 is 6.13. The summed E-state index contributed by atoms with van der Waals surface area (Å²) in [5.41, 5.74) is 2.03. The minimum absolute atomic E-state index is 0. The van der Waals surface area contributed by atoms with Crippen molar-refractivity contribution in [2.75, 3.05) is 51.1 Å². The summed E-state index contributed by atoms with van der Waals surface area (Å²) >= 11 is 1.68. The lowest BCUT2D eigenvalue weighted by Gasteiger charge is -2.36. The third-order valence-electron chi connectivity index (χ3n) is 4.83. The first-order valence-corrected chi connectivity index (χ1v) is 10.9. The second-order valence-electron chi connectivity index (χ2n) is 6.90. The van der Waals surface area contributed by atoms with Crippen LogP contribution in [0, 0.1) is 0 Å². The van der Waals surface area contributed by atoms with E-state index in [0.29, 0.717) is 6.54 Å². The van der Waals surface area contributed by atoms with Crippen LogP contribution in [0.1, 0.15) is 12.6 Å². The molecule has 1 saturated heterocycles. The van der Waals surface area contributed by atoms with Gasteiger partial charge in [-0.25, -0.2) is 4.98 Å². The number of halogens is 1. The average molecular weight is 541 g/mol. The lowest BCUT2D eigenvalue weighted by Crippen LogP contribution is -2.52. The molecule has 0 amide bonds. The molecule has 8 nitrogen and oxygen atoms in total. The summed E-state index contributed by atoms with van der Waals surface area (Å²) in [6.45, 7) is 9.16. The van der Waals surface area contributed by atoms with Gasteiger partial charge in [0.25, 0.3) is 0 Å². The van der Waals surface area contributed by atoms with Crippen molar-refractivity contribution in [2.45, 2.75) is 13.5 Å². The molecule has 0 unspecified atom stereocenters. The van der Waals surface area contributed by atoms with Crippen molar-refractivity contribution in [3.05, 3.63) is 42.3 Å². The van der Waals surface area contributed by atoms with E-state index in [2.05, 4.69) is 43.6 Å². The Morgan fingerprint density at radius 1 is 1.20 bits per heavy atom. The van der Waals surface area contributed by atoms with Crippen LogP contribution in [0.5, 0.6) is 0 Å². The number of aromatic nitrogens is 2. The molecule has 1 aromatic carbocycles. The van der Waals surface area contributed by atoms with Crippen LogP contribution in [0.25, 0.3) is 10.2 Å². The molecule has 1 aliphatic heterocycles. The average Bonchev–Trinajstić information content (AvgIpc) is 3.40. The van der Waals surface area contributed by atoms with Gasteiger partial charge in [-0.05, 0) is 19.1 Å². The molecule has 0 spiro atoms. The lowest BCUT2D eigenvalue weighted by molar-refractivity contribution is 0.169. The maximum atomic E-state index is 4.93. The van der Waals surface area contributed by atoms with Gasteiger partial charge in [0.05, 0.1) is 22.5 Å². The molecule has 3 heterocycles. The Balaban J connectivity index is 0.00000256. The summed E-state index contributed by atoms with van der Waals surface area (Å²) in [5, 5.41) is 11.8. The van der Waals surface area contributed by atoms with E-state index in [-0.39, 0.29) is 24.0 Å². The summed E-state index contributed by atoms with van der Waals surface area (Å²) in [4.78, 5) is 14.1. The molecular weight excluding hydrogens is 513 g/mol. The molecule has 2 N–H and O–H groups in total. The Morgan fingerprint density at radius 2 is 2.03 bits per heavy atom. The molecule has 0 radical (unpaired) electrons. The second kappa shape index (κ2) is 11.5. The van der Waals surface area contributed by atoms with Gasteiger partial charge in [-0.2, -0.15) is 0 Å². The fourth-order valence-corrected chi connectivity index (χ4v) is 4.26. The normalized spacial score (nSPS) is 15.2. The molecule has 30 heavy (non-hydrogen) atoms. The Bertz CT molecular complexity index is 889. The summed E-state index contributed by atoms with van der Waals surface area (Å²) in [6, 6.07) is 10.1. The van der Waals surface area contributed by atoms with E-state index >= 15 is 0 Å². The minimum atomic E-state index is 0. The molecule has 0 saturated carbocycles. The van der Waals surface area contributed by atoms with Gasteiger partial charge < -0.3 is 20.1 Å². The predicted octanol–water partition coefficient (Wildman–Crippen LogP) is 3.10. The zero-order valence-electron chi connectivity index (χ0n) is 17.1. The van der Waals surface area contributed by atoms with E-state index in [9.17, 15) is 0 Å². The van der Waals surface area contributed by atoms with Gasteiger partial charge in [0.1, 0.15) is 6.26 Å². The zero-order chi connectivity index (χ0) is 19.9. The van der Waals surface area contributed by atoms with Crippen LogP contribution in [-0.4, -0.2) is 71.7 Å². The third-order valence-corrected chi connectivity index (χ3v) is 5.82. The number of nitrogens with one attached hydrogen (secondary N) is 2. The Labute approximate surface area is 197 Å². The van der Waals surface area contributed by atoms with E-state index in [0.717, 1.165) is 68.1 Å². The Hall–Kier alpha value is -1.92. The number of benzene rings is 1. The lowest BCUT2D eigenvalue weighted by atomic mass is 10.3. The third kappa shape index (κ3) is 6.05. The number of hydrogen-bond donors (Lipinski definition) is 2. The Morgan fingerprint density at radius 3 is 2.77 bits per heavy atom. The first kappa shape index (κ1) is 22.8. The topological polar surface area (TPSA) is 81.8 Å². The number of fused-ring (bicyclic) bond motifs is 1. The molecule has 3 aromatic rings. The standard InChI is InChI=1S/C20H27N7OS.HI/c1-2-21-19(27-12-10-26(11-13-27)15-16-7-14-28-25-16)22-8-9-23-20-24-17-5-3-4-6-18(17)29-20;/h3-7,14H,2,8-13,15H2,1H3,(H,21,22)(H,23,24);1H. The number of aliphatic imine (C=N–C) groups is 1. The van der Waals surface area contributed by atoms with Gasteiger partial charge in [0, 0.05) is 51.9 Å². The second-order valence-corrected chi connectivity index (χ2v) is 7.93. The van der Waals surface area contributed by atoms with E-state index < -0.39 is 0 Å². The molecule has 4 rings (SSSR count). The maximum Gasteiger partial charge on any atom is 0.194 e. The SMILES string of the molecule is CCNC(=NCCNc1nc2ccccc2s1)N1CCN(Cc2ccon2)CC1.I. The number of nitrogens with zero attached hydrogens (tertiary/aromatic N) is 5. The zero-order valence-corrected chi connectivity index (χ0v) is 20.2. The van der Waals surface area contributed by atoms with Gasteiger partial charge >= 0.3 is 0 Å². The highest BCUT2D eigenvalue weighted by atomic mass is 127. The fraction of sp³-hybridized carbons (Fsp3) is 0.450. The number of anilines is 1. The van der Waals surface area contributed by atoms with Gasteiger partial charge in [-0.3, -0.25) is 9.89 Å². The summed E-state index contributed by atoms with van der Waals surface area (Å²) in [7, 11) is 0. The van der Waals surface area contributed by atoms with Crippen LogP contribution >= 0.6 is 35.3 Å². The molecule has 0 bridgehead atoms. The maximum absolute atomic E-state index is 4.93. The summed E-state index contributed by atoms with van der Waals surface area (Å²) in [6.07, 6.45) is 1.63. The van der Waals surface area contributed by atoms with Crippen LogP contribution in [0.2, 0.25) is 0 Å². The molecular formula is C20H28IN7OS. The highest BCUT2D eigenvalue weighted by Crippen LogP contribution is 2.24. The molecule has 2 aromatic heterocycles. The number of thiazole rings is 1. The monoisotopic (exact) mass is 541 g/mol. The van der Waals surface area contributed by atoms with E-state index in [1.165, 1.54) is 4.70 Å². The van der Waals surface area contributed by atoms with Crippen molar-refractivity contribution in [3.63, 3.8) is 0 Å². The van der Waals surface area contributed by atoms with Crippen LogP contribution in [0.15, 0.2) is 46.1 Å². The molecule has 0 atom stereocenters. The number of piperazine rings is 1. The molecule has 1 aliphatic rings. The van der Waals surface area contributed by atoms with Gasteiger partial charge in [-0.15, -0.1) is 24.0 Å². The first-order valence-electron chi connectivity index (χ1n) is 10.1. The molecule has 1 fully saturated rings. The number of rotatable bonds is 7. The quantitative estimate of drug-likeness (QED) is 0.206. The van der Waals surface area contributed by atoms with Crippen LogP contribution in [-0.2, 0) is 6.54 Å². The number of hydrogen-bond acceptors (Lipinski definition) is 7. The number of guanidine groups is 1. The van der Waals surface area contributed by atoms with Gasteiger partial charge in [0.15, 0.2) is 11.1 Å². The first-order chi connectivity index (χ1) is 14.3. The van der Waals surface area contributed by atoms with Crippen LogP contribution in [0.4, 0.5) is 5.13 Å². The van der Waals surface area contributed by atoms with Crippen molar-refractivity contribution in [1.82, 2.24) is 25.3 Å². The van der Waals surface area contributed by atoms with E-state index in [4.69, 9.17) is 9.52 Å². The smallest absolute Gasteiger partial charge is 0.194 e. The highest BCUT2D eigenvalue weighted by Gasteiger charge is 2.20. The van der Waals surface area contributed by atoms with E-state index in [1.54, 1.807) is 17.6 Å². The molecule has 10 heteroatoms. The van der Waals surface area contributed by atoms with E-state index in [1.807, 2.05) is 24.3 Å². The van der Waals surface area contributed by atoms with Crippen molar-refractivity contribution >= 4 is 56.6 Å². The van der Waals surface area contributed by atoms with Crippen molar-refractivity contribution in [3.8, 4) is 0 Å². The van der Waals surface area contributed by atoms with Crippen molar-refractivity contribution in [2.24, 2.45) is 4.99 Å².